The van der Waals surface area contributed by atoms with E-state index in [1.165, 1.54) is 6.92 Å². The number of carbonyl (C=O) groups excluding carboxylic acids is 2. The summed E-state index contributed by atoms with van der Waals surface area (Å²) in [5, 5.41) is 2.73. The number of hydrogen-bond acceptors (Lipinski definition) is 4. The quantitative estimate of drug-likeness (QED) is 0.618. The predicted molar refractivity (Wildman–Crippen MR) is 108 cm³/mol. The number of nitrogens with one attached hydrogen (secondary N) is 1. The molecule has 3 rings (SSSR count). The second kappa shape index (κ2) is 8.86. The Morgan fingerprint density at radius 2 is 1.50 bits per heavy atom. The summed E-state index contributed by atoms with van der Waals surface area (Å²) in [5.74, 6) is -0.0606. The van der Waals surface area contributed by atoms with E-state index in [0.717, 1.165) is 5.56 Å². The molecule has 0 aliphatic heterocycles. The smallest absolute Gasteiger partial charge is 0.342 e. The Morgan fingerprint density at radius 1 is 0.857 bits per heavy atom. The molecule has 0 saturated carbocycles. The highest BCUT2D eigenvalue weighted by Crippen LogP contribution is 2.26. The number of ether oxygens (including phenoxy) is 2. The van der Waals surface area contributed by atoms with Crippen molar-refractivity contribution in [2.45, 2.75) is 20.0 Å². The number of benzene rings is 3. The Balaban J connectivity index is 1.67. The Hall–Kier alpha value is -3.60. The van der Waals surface area contributed by atoms with Crippen LogP contribution in [0.15, 0.2) is 78.9 Å². The van der Waals surface area contributed by atoms with Crippen molar-refractivity contribution in [2.75, 3.05) is 5.32 Å². The second-order valence-electron chi connectivity index (χ2n) is 6.31. The number of hydrogen-bond donors (Lipinski definition) is 1. The van der Waals surface area contributed by atoms with Crippen LogP contribution in [0.25, 0.3) is 0 Å². The minimum atomic E-state index is -0.960. The topological polar surface area (TPSA) is 64.6 Å². The molecule has 0 radical (unpaired) electrons. The molecule has 0 fully saturated rings. The normalized spacial score (nSPS) is 11.4. The van der Waals surface area contributed by atoms with E-state index < -0.39 is 18.0 Å². The monoisotopic (exact) mass is 375 g/mol. The van der Waals surface area contributed by atoms with Gasteiger partial charge < -0.3 is 14.8 Å². The van der Waals surface area contributed by atoms with Gasteiger partial charge in [0.2, 0.25) is 0 Å². The third-order valence-corrected chi connectivity index (χ3v) is 4.05. The van der Waals surface area contributed by atoms with Gasteiger partial charge in [0.15, 0.2) is 6.10 Å². The average Bonchev–Trinajstić information content (AvgIpc) is 2.70. The standard InChI is InChI=1S/C23H21NO4/c1-16-12-14-18(15-13-16)24-22(25)17(2)27-23(26)20-10-6-7-11-21(20)28-19-8-4-3-5-9-19/h3-15,17H,1-2H3,(H,24,25)/t17-/m1/s1. The first-order valence-corrected chi connectivity index (χ1v) is 8.93. The molecular formula is C23H21NO4. The van der Waals surface area contributed by atoms with E-state index >= 15 is 0 Å². The van der Waals surface area contributed by atoms with Crippen molar-refractivity contribution >= 4 is 17.6 Å². The maximum Gasteiger partial charge on any atom is 0.342 e. The van der Waals surface area contributed by atoms with Gasteiger partial charge >= 0.3 is 5.97 Å². The van der Waals surface area contributed by atoms with Gasteiger partial charge in [-0.3, -0.25) is 4.79 Å². The first kappa shape index (κ1) is 19.2. The molecular weight excluding hydrogens is 354 g/mol. The van der Waals surface area contributed by atoms with Gasteiger partial charge in [0.05, 0.1) is 0 Å². The molecule has 0 unspecified atom stereocenters. The van der Waals surface area contributed by atoms with Crippen LogP contribution in [-0.4, -0.2) is 18.0 Å². The zero-order chi connectivity index (χ0) is 19.9. The number of aryl methyl sites for hydroxylation is 1. The maximum atomic E-state index is 12.6. The number of rotatable bonds is 6. The van der Waals surface area contributed by atoms with Gasteiger partial charge in [-0.15, -0.1) is 0 Å². The number of esters is 1. The van der Waals surface area contributed by atoms with Crippen LogP contribution in [0.5, 0.6) is 11.5 Å². The van der Waals surface area contributed by atoms with Crippen LogP contribution in [0.4, 0.5) is 5.69 Å². The van der Waals surface area contributed by atoms with Gasteiger partial charge in [-0.2, -0.15) is 0 Å². The lowest BCUT2D eigenvalue weighted by Crippen LogP contribution is -2.30. The lowest BCUT2D eigenvalue weighted by Gasteiger charge is -2.15. The minimum absolute atomic E-state index is 0.251. The van der Waals surface area contributed by atoms with E-state index in [1.54, 1.807) is 48.5 Å². The summed E-state index contributed by atoms with van der Waals surface area (Å²) in [5.41, 5.74) is 1.99. The second-order valence-corrected chi connectivity index (χ2v) is 6.31. The predicted octanol–water partition coefficient (Wildman–Crippen LogP) is 4.97. The van der Waals surface area contributed by atoms with E-state index in [0.29, 0.717) is 17.2 Å². The molecule has 1 N–H and O–H groups in total. The Morgan fingerprint density at radius 3 is 2.21 bits per heavy atom. The molecule has 3 aromatic rings. The van der Waals surface area contributed by atoms with Gasteiger partial charge in [0.25, 0.3) is 5.91 Å². The van der Waals surface area contributed by atoms with Crippen molar-refractivity contribution in [2.24, 2.45) is 0 Å². The molecule has 0 heterocycles. The number of amides is 1. The van der Waals surface area contributed by atoms with E-state index in [1.807, 2.05) is 37.3 Å². The van der Waals surface area contributed by atoms with Gasteiger partial charge in [-0.25, -0.2) is 4.79 Å². The summed E-state index contributed by atoms with van der Waals surface area (Å²) in [6.07, 6.45) is -0.960. The van der Waals surface area contributed by atoms with E-state index in [4.69, 9.17) is 9.47 Å². The molecule has 142 valence electrons. The summed E-state index contributed by atoms with van der Waals surface area (Å²) >= 11 is 0. The molecule has 0 saturated heterocycles. The highest BCUT2D eigenvalue weighted by Gasteiger charge is 2.21. The van der Waals surface area contributed by atoms with Crippen molar-refractivity contribution in [1.82, 2.24) is 0 Å². The zero-order valence-corrected chi connectivity index (χ0v) is 15.7. The molecule has 28 heavy (non-hydrogen) atoms. The van der Waals surface area contributed by atoms with E-state index in [2.05, 4.69) is 5.32 Å². The molecule has 0 aromatic heterocycles. The third-order valence-electron chi connectivity index (χ3n) is 4.05. The minimum Gasteiger partial charge on any atom is -0.456 e. The lowest BCUT2D eigenvalue weighted by atomic mass is 10.2. The molecule has 5 nitrogen and oxygen atoms in total. The zero-order valence-electron chi connectivity index (χ0n) is 15.7. The molecule has 1 amide bonds. The third kappa shape index (κ3) is 4.98. The SMILES string of the molecule is Cc1ccc(NC(=O)[C@@H](C)OC(=O)c2ccccc2Oc2ccccc2)cc1. The molecule has 0 bridgehead atoms. The summed E-state index contributed by atoms with van der Waals surface area (Å²) in [6, 6.07) is 23.3. The van der Waals surface area contributed by atoms with Crippen LogP contribution in [0.3, 0.4) is 0 Å². The van der Waals surface area contributed by atoms with Crippen LogP contribution < -0.4 is 10.1 Å². The van der Waals surface area contributed by atoms with Crippen molar-refractivity contribution in [3.05, 3.63) is 90.0 Å². The van der Waals surface area contributed by atoms with Crippen LogP contribution in [0.2, 0.25) is 0 Å². The van der Waals surface area contributed by atoms with Crippen molar-refractivity contribution in [1.29, 1.82) is 0 Å². The van der Waals surface area contributed by atoms with Crippen LogP contribution in [-0.2, 0) is 9.53 Å². The summed E-state index contributed by atoms with van der Waals surface area (Å²) < 4.78 is 11.1. The molecule has 0 aliphatic rings. The molecule has 0 spiro atoms. The maximum absolute atomic E-state index is 12.6. The first-order chi connectivity index (χ1) is 13.5. The fraction of sp³-hybridized carbons (Fsp3) is 0.130. The Bertz CT molecular complexity index is 952. The Labute approximate surface area is 163 Å². The summed E-state index contributed by atoms with van der Waals surface area (Å²) in [7, 11) is 0. The summed E-state index contributed by atoms with van der Waals surface area (Å²) in [4.78, 5) is 24.9. The van der Waals surface area contributed by atoms with Gasteiger partial charge in [-0.05, 0) is 50.2 Å². The number of carbonyl (C=O) groups is 2. The van der Waals surface area contributed by atoms with E-state index in [-0.39, 0.29) is 5.56 Å². The van der Waals surface area contributed by atoms with Crippen LogP contribution in [0, 0.1) is 6.92 Å². The highest BCUT2D eigenvalue weighted by molar-refractivity contribution is 5.98. The number of anilines is 1. The largest absolute Gasteiger partial charge is 0.456 e. The fourth-order valence-corrected chi connectivity index (χ4v) is 2.50. The van der Waals surface area contributed by atoms with Gasteiger partial charge in [0, 0.05) is 5.69 Å². The van der Waals surface area contributed by atoms with Crippen molar-refractivity contribution < 1.29 is 19.1 Å². The average molecular weight is 375 g/mol. The summed E-state index contributed by atoms with van der Waals surface area (Å²) in [6.45, 7) is 3.49. The molecule has 0 aliphatic carbocycles. The molecule has 3 aromatic carbocycles. The van der Waals surface area contributed by atoms with Crippen molar-refractivity contribution in [3.63, 3.8) is 0 Å². The van der Waals surface area contributed by atoms with Gasteiger partial charge in [0.1, 0.15) is 17.1 Å². The highest BCUT2D eigenvalue weighted by atomic mass is 16.5. The molecule has 5 heteroatoms. The van der Waals surface area contributed by atoms with E-state index in [9.17, 15) is 9.59 Å². The van der Waals surface area contributed by atoms with Crippen molar-refractivity contribution in [3.8, 4) is 11.5 Å². The lowest BCUT2D eigenvalue weighted by molar-refractivity contribution is -0.123. The van der Waals surface area contributed by atoms with Crippen LogP contribution >= 0.6 is 0 Å². The van der Waals surface area contributed by atoms with Gasteiger partial charge in [-0.1, -0.05) is 48.0 Å². The van der Waals surface area contributed by atoms with Crippen LogP contribution in [0.1, 0.15) is 22.8 Å². The number of para-hydroxylation sites is 2. The first-order valence-electron chi connectivity index (χ1n) is 8.93. The fourth-order valence-electron chi connectivity index (χ4n) is 2.50. The molecule has 1 atom stereocenters. The Kier molecular flexibility index (Phi) is 6.07.